The Morgan fingerprint density at radius 2 is 1.33 bits per heavy atom. The molecule has 5 heteroatoms. The maximum absolute atomic E-state index is 10.1. The fourth-order valence-electron chi connectivity index (χ4n) is 3.98. The van der Waals surface area contributed by atoms with E-state index in [1.807, 2.05) is 80.6 Å². The van der Waals surface area contributed by atoms with Crippen LogP contribution in [0.15, 0.2) is 77.6 Å². The van der Waals surface area contributed by atoms with Crippen LogP contribution in [0.2, 0.25) is 0 Å². The van der Waals surface area contributed by atoms with E-state index in [9.17, 15) is 10.2 Å². The van der Waals surface area contributed by atoms with Crippen LogP contribution < -0.4 is 0 Å². The van der Waals surface area contributed by atoms with Gasteiger partial charge >= 0.3 is 0 Å². The van der Waals surface area contributed by atoms with E-state index in [1.165, 1.54) is 0 Å². The molecule has 0 amide bonds. The smallest absolute Gasteiger partial charge is 0.128 e. The van der Waals surface area contributed by atoms with Crippen LogP contribution in [0.1, 0.15) is 16.7 Å². The first-order valence-corrected chi connectivity index (χ1v) is 10.3. The summed E-state index contributed by atoms with van der Waals surface area (Å²) in [6.07, 6.45) is 3.58. The molecule has 156 valence electrons. The standard InChI is InChI=1S/C14H11NO.C14H9NO.Zn/c2*1-9-4-5-10-6-7-11-3-2-8-15-13(11)12(10)14(9)16;/h2-8,16H,1H3;3-7,16H,1H3;. The quantitative estimate of drug-likeness (QED) is 0.143. The van der Waals surface area contributed by atoms with Crippen molar-refractivity contribution < 1.29 is 29.7 Å². The maximum atomic E-state index is 10.1. The Kier molecular flexibility index (Phi) is 6.14. The molecule has 0 aliphatic carbocycles. The number of benzene rings is 4. The number of pyridine rings is 1. The van der Waals surface area contributed by atoms with Crippen LogP contribution >= 0.6 is 0 Å². The first-order valence-electron chi connectivity index (χ1n) is 10.3. The second kappa shape index (κ2) is 9.02. The van der Waals surface area contributed by atoms with Crippen molar-refractivity contribution in [2.24, 2.45) is 4.99 Å². The average molecular weight is 482 g/mol. The monoisotopic (exact) mass is 480 g/mol. The van der Waals surface area contributed by atoms with Gasteiger partial charge in [0.05, 0.1) is 22.0 Å². The Balaban J connectivity index is 0.000000152. The van der Waals surface area contributed by atoms with Gasteiger partial charge in [0, 0.05) is 42.5 Å². The molecule has 0 fully saturated rings. The molecule has 0 spiro atoms. The molecular formula is C28H20N2O2Zn. The number of phenols is 2. The summed E-state index contributed by atoms with van der Waals surface area (Å²) in [7, 11) is 0. The molecule has 1 aromatic heterocycles. The number of aryl methyl sites for hydroxylation is 2. The summed E-state index contributed by atoms with van der Waals surface area (Å²) in [4.78, 5) is 8.52. The minimum Gasteiger partial charge on any atom is -0.507 e. The Morgan fingerprint density at radius 1 is 0.727 bits per heavy atom. The van der Waals surface area contributed by atoms with Crippen LogP contribution in [0.4, 0.5) is 5.69 Å². The molecule has 4 nitrogen and oxygen atoms in total. The van der Waals surface area contributed by atoms with Crippen LogP contribution in [-0.2, 0) is 19.5 Å². The van der Waals surface area contributed by atoms with Gasteiger partial charge in [-0.05, 0) is 53.6 Å². The summed E-state index contributed by atoms with van der Waals surface area (Å²) < 4.78 is 0. The Morgan fingerprint density at radius 3 is 2.09 bits per heavy atom. The second-order valence-electron chi connectivity index (χ2n) is 7.81. The normalized spacial score (nSPS) is 11.2. The van der Waals surface area contributed by atoms with Crippen molar-refractivity contribution in [2.45, 2.75) is 13.8 Å². The van der Waals surface area contributed by atoms with E-state index in [0.717, 1.165) is 54.8 Å². The third kappa shape index (κ3) is 3.95. The number of phenolic OH excluding ortho intramolecular Hbond substituents is 2. The van der Waals surface area contributed by atoms with Crippen LogP contribution in [0.3, 0.4) is 0 Å². The summed E-state index contributed by atoms with van der Waals surface area (Å²) in [6.45, 7) is 3.78. The molecule has 1 aliphatic rings. The van der Waals surface area contributed by atoms with Crippen molar-refractivity contribution in [1.82, 2.24) is 4.98 Å². The average Bonchev–Trinajstić information content (AvgIpc) is 2.83. The summed E-state index contributed by atoms with van der Waals surface area (Å²) >= 11 is 0. The summed E-state index contributed by atoms with van der Waals surface area (Å²) in [5.41, 5.74) is 7.16. The van der Waals surface area contributed by atoms with Gasteiger partial charge in [-0.2, -0.15) is 4.99 Å². The Labute approximate surface area is 204 Å². The zero-order chi connectivity index (χ0) is 22.2. The zero-order valence-corrected chi connectivity index (χ0v) is 21.4. The third-order valence-corrected chi connectivity index (χ3v) is 5.75. The van der Waals surface area contributed by atoms with Gasteiger partial charge in [0.1, 0.15) is 11.5 Å². The van der Waals surface area contributed by atoms with Gasteiger partial charge in [0.2, 0.25) is 0 Å². The van der Waals surface area contributed by atoms with Gasteiger partial charge in [-0.3, -0.25) is 4.98 Å². The minimum absolute atomic E-state index is 0. The molecule has 0 radical (unpaired) electrons. The van der Waals surface area contributed by atoms with E-state index in [4.69, 9.17) is 0 Å². The molecule has 4 aromatic carbocycles. The topological polar surface area (TPSA) is 65.7 Å². The molecule has 0 unspecified atom stereocenters. The minimum atomic E-state index is 0. The van der Waals surface area contributed by atoms with Crippen molar-refractivity contribution in [1.29, 1.82) is 0 Å². The molecule has 33 heavy (non-hydrogen) atoms. The van der Waals surface area contributed by atoms with E-state index in [1.54, 1.807) is 6.20 Å². The number of rotatable bonds is 0. The van der Waals surface area contributed by atoms with Gasteiger partial charge in [0.15, 0.2) is 0 Å². The molecule has 0 atom stereocenters. The van der Waals surface area contributed by atoms with Gasteiger partial charge in [-0.25, -0.2) is 0 Å². The largest absolute Gasteiger partial charge is 0.507 e. The Bertz CT molecular complexity index is 1640. The summed E-state index contributed by atoms with van der Waals surface area (Å²) in [5, 5.41) is 24.9. The van der Waals surface area contributed by atoms with Gasteiger partial charge in [-0.1, -0.05) is 54.6 Å². The van der Waals surface area contributed by atoms with E-state index in [2.05, 4.69) is 21.6 Å². The van der Waals surface area contributed by atoms with E-state index in [0.29, 0.717) is 11.5 Å². The summed E-state index contributed by atoms with van der Waals surface area (Å²) in [5.74, 6) is 3.32. The van der Waals surface area contributed by atoms with Crippen molar-refractivity contribution >= 4 is 50.1 Å². The molecule has 0 bridgehead atoms. The SMILES string of the molecule is Cc1ccc2ccc3c(c2c1O)N=C=C=C3.Cc1ccc2ccc3cccnc3c2c1O.[Zn]. The second-order valence-corrected chi connectivity index (χ2v) is 7.81. The van der Waals surface area contributed by atoms with Crippen LogP contribution in [-0.4, -0.2) is 21.1 Å². The molecule has 5 aromatic rings. The van der Waals surface area contributed by atoms with Gasteiger partial charge in [0.25, 0.3) is 0 Å². The van der Waals surface area contributed by atoms with Crippen LogP contribution in [0, 0.1) is 13.8 Å². The third-order valence-electron chi connectivity index (χ3n) is 5.75. The van der Waals surface area contributed by atoms with Gasteiger partial charge < -0.3 is 10.2 Å². The molecule has 0 saturated carbocycles. The van der Waals surface area contributed by atoms with E-state index >= 15 is 0 Å². The first-order chi connectivity index (χ1) is 15.5. The van der Waals surface area contributed by atoms with Gasteiger partial charge in [-0.15, -0.1) is 0 Å². The fourth-order valence-corrected chi connectivity index (χ4v) is 3.98. The fraction of sp³-hybridized carbons (Fsp3) is 0.0714. The molecule has 1 aliphatic heterocycles. The number of hydrogen-bond donors (Lipinski definition) is 2. The molecule has 0 saturated heterocycles. The number of hydrogen-bond acceptors (Lipinski definition) is 4. The zero-order valence-electron chi connectivity index (χ0n) is 18.4. The predicted molar refractivity (Wildman–Crippen MR) is 131 cm³/mol. The van der Waals surface area contributed by atoms with Crippen molar-refractivity contribution in [3.8, 4) is 11.5 Å². The van der Waals surface area contributed by atoms with Crippen molar-refractivity contribution in [3.63, 3.8) is 0 Å². The summed E-state index contributed by atoms with van der Waals surface area (Å²) in [6, 6.07) is 19.7. The number of aliphatic imine (C=N–C) groups is 1. The molecule has 6 rings (SSSR count). The molecule has 2 heterocycles. The predicted octanol–water partition coefficient (Wildman–Crippen LogP) is 6.74. The van der Waals surface area contributed by atoms with Crippen LogP contribution in [0.5, 0.6) is 11.5 Å². The molecule has 2 N–H and O–H groups in total. The molecular weight excluding hydrogens is 462 g/mol. The van der Waals surface area contributed by atoms with E-state index in [-0.39, 0.29) is 19.5 Å². The first kappa shape index (κ1) is 22.5. The Hall–Kier alpha value is -3.74. The van der Waals surface area contributed by atoms with Crippen molar-refractivity contribution in [2.75, 3.05) is 0 Å². The van der Waals surface area contributed by atoms with E-state index < -0.39 is 0 Å². The van der Waals surface area contributed by atoms with Crippen LogP contribution in [0.25, 0.3) is 38.5 Å². The number of aromatic nitrogens is 1. The van der Waals surface area contributed by atoms with Crippen molar-refractivity contribution in [3.05, 3.63) is 89.3 Å². The number of aromatic hydroxyl groups is 2. The number of fused-ring (bicyclic) bond motifs is 6. The maximum Gasteiger partial charge on any atom is 0.128 e. The number of nitrogens with zero attached hydrogens (tertiary/aromatic N) is 2.